The molecule has 0 aromatic heterocycles. The fourth-order valence-corrected chi connectivity index (χ4v) is 3.64. The van der Waals surface area contributed by atoms with E-state index in [1.807, 2.05) is 18.2 Å². The van der Waals surface area contributed by atoms with E-state index in [-0.39, 0.29) is 30.4 Å². The number of rotatable bonds is 5. The van der Waals surface area contributed by atoms with Gasteiger partial charge in [0.25, 0.3) is 0 Å². The first kappa shape index (κ1) is 16.7. The number of likely N-dealkylation sites (tertiary alicyclic amines) is 1. The normalized spacial score (nSPS) is 17.6. The SMILES string of the molecule is O=C(CCC(=O)N1CCC(C(=O)O)CC1)c1ccc2c(c1)CCC2. The molecule has 0 unspecified atom stereocenters. The molecule has 0 bridgehead atoms. The van der Waals surface area contributed by atoms with Gasteiger partial charge >= 0.3 is 5.97 Å². The van der Waals surface area contributed by atoms with E-state index in [4.69, 9.17) is 5.11 Å². The number of carbonyl (C=O) groups is 3. The number of piperidine rings is 1. The number of nitrogens with zero attached hydrogens (tertiary/aromatic N) is 1. The van der Waals surface area contributed by atoms with E-state index in [0.29, 0.717) is 31.5 Å². The predicted molar refractivity (Wildman–Crippen MR) is 89.0 cm³/mol. The molecule has 24 heavy (non-hydrogen) atoms. The molecule has 1 aromatic rings. The van der Waals surface area contributed by atoms with E-state index < -0.39 is 5.97 Å². The lowest BCUT2D eigenvalue weighted by molar-refractivity contribution is -0.145. The maximum Gasteiger partial charge on any atom is 0.306 e. The topological polar surface area (TPSA) is 74.7 Å². The second kappa shape index (κ2) is 7.16. The molecule has 0 radical (unpaired) electrons. The first-order valence-corrected chi connectivity index (χ1v) is 8.70. The molecule has 0 atom stereocenters. The predicted octanol–water partition coefficient (Wildman–Crippen LogP) is 2.46. The third-order valence-corrected chi connectivity index (χ3v) is 5.18. The number of fused-ring (bicyclic) bond motifs is 1. The fourth-order valence-electron chi connectivity index (χ4n) is 3.64. The quantitative estimate of drug-likeness (QED) is 0.842. The summed E-state index contributed by atoms with van der Waals surface area (Å²) >= 11 is 0. The van der Waals surface area contributed by atoms with E-state index in [0.717, 1.165) is 19.3 Å². The summed E-state index contributed by atoms with van der Waals surface area (Å²) < 4.78 is 0. The molecule has 5 heteroatoms. The number of hydrogen-bond donors (Lipinski definition) is 1. The van der Waals surface area contributed by atoms with Crippen molar-refractivity contribution in [2.45, 2.75) is 44.9 Å². The van der Waals surface area contributed by atoms with Crippen LogP contribution in [0.15, 0.2) is 18.2 Å². The number of hydrogen-bond acceptors (Lipinski definition) is 3. The highest BCUT2D eigenvalue weighted by atomic mass is 16.4. The average molecular weight is 329 g/mol. The van der Waals surface area contributed by atoms with Crippen LogP contribution in [0.3, 0.4) is 0 Å². The second-order valence-corrected chi connectivity index (χ2v) is 6.75. The summed E-state index contributed by atoms with van der Waals surface area (Å²) in [5.41, 5.74) is 3.31. The molecule has 128 valence electrons. The Bertz CT molecular complexity index is 659. The zero-order valence-electron chi connectivity index (χ0n) is 13.8. The number of carboxylic acid groups (broad SMARTS) is 1. The zero-order chi connectivity index (χ0) is 17.1. The molecule has 0 spiro atoms. The van der Waals surface area contributed by atoms with Crippen molar-refractivity contribution >= 4 is 17.7 Å². The fraction of sp³-hybridized carbons (Fsp3) is 0.526. The van der Waals surface area contributed by atoms with Gasteiger partial charge < -0.3 is 10.0 Å². The van der Waals surface area contributed by atoms with Crippen LogP contribution in [0.4, 0.5) is 0 Å². The highest BCUT2D eigenvalue weighted by molar-refractivity contribution is 5.98. The van der Waals surface area contributed by atoms with Crippen LogP contribution in [0.2, 0.25) is 0 Å². The monoisotopic (exact) mass is 329 g/mol. The number of carbonyl (C=O) groups excluding carboxylic acids is 2. The summed E-state index contributed by atoms with van der Waals surface area (Å²) in [4.78, 5) is 37.2. The molecule has 1 fully saturated rings. The van der Waals surface area contributed by atoms with Crippen molar-refractivity contribution in [3.05, 3.63) is 34.9 Å². The highest BCUT2D eigenvalue weighted by Crippen LogP contribution is 2.24. The maximum absolute atomic E-state index is 12.3. The number of aliphatic carboxylic acids is 1. The Balaban J connectivity index is 1.49. The van der Waals surface area contributed by atoms with Gasteiger partial charge in [0.2, 0.25) is 5.91 Å². The number of ketones is 1. The Labute approximate surface area is 141 Å². The standard InChI is InChI=1S/C19H23NO4/c21-17(16-5-4-13-2-1-3-15(13)12-16)6-7-18(22)20-10-8-14(9-11-20)19(23)24/h4-5,12,14H,1-3,6-11H2,(H,23,24). The number of aryl methyl sites for hydroxylation is 2. The van der Waals surface area contributed by atoms with Gasteiger partial charge in [-0.1, -0.05) is 12.1 Å². The molecule has 1 N–H and O–H groups in total. The number of benzene rings is 1. The molecular weight excluding hydrogens is 306 g/mol. The van der Waals surface area contributed by atoms with Crippen molar-refractivity contribution in [1.29, 1.82) is 0 Å². The zero-order valence-corrected chi connectivity index (χ0v) is 13.8. The van der Waals surface area contributed by atoms with Gasteiger partial charge in [0.1, 0.15) is 0 Å². The third-order valence-electron chi connectivity index (χ3n) is 5.18. The van der Waals surface area contributed by atoms with E-state index >= 15 is 0 Å². The average Bonchev–Trinajstić information content (AvgIpc) is 3.07. The van der Waals surface area contributed by atoms with Gasteiger partial charge in [-0.3, -0.25) is 14.4 Å². The van der Waals surface area contributed by atoms with Gasteiger partial charge in [-0.15, -0.1) is 0 Å². The van der Waals surface area contributed by atoms with E-state index in [1.54, 1.807) is 4.90 Å². The highest BCUT2D eigenvalue weighted by Gasteiger charge is 2.27. The number of Topliss-reactive ketones (excluding diaryl/α,β-unsaturated/α-hetero) is 1. The third kappa shape index (κ3) is 3.66. The van der Waals surface area contributed by atoms with Gasteiger partial charge in [0.05, 0.1) is 5.92 Å². The van der Waals surface area contributed by atoms with Crippen molar-refractivity contribution in [2.24, 2.45) is 5.92 Å². The van der Waals surface area contributed by atoms with Crippen LogP contribution in [0.1, 0.15) is 53.6 Å². The van der Waals surface area contributed by atoms with Crippen LogP contribution in [-0.4, -0.2) is 40.8 Å². The number of amides is 1. The molecule has 0 saturated carbocycles. The van der Waals surface area contributed by atoms with Crippen LogP contribution in [0.25, 0.3) is 0 Å². The largest absolute Gasteiger partial charge is 0.481 e. The summed E-state index contributed by atoms with van der Waals surface area (Å²) in [5.74, 6) is -1.16. The summed E-state index contributed by atoms with van der Waals surface area (Å²) in [7, 11) is 0. The summed E-state index contributed by atoms with van der Waals surface area (Å²) in [6.45, 7) is 0.950. The molecule has 3 rings (SSSR count). The minimum absolute atomic E-state index is 0.0125. The van der Waals surface area contributed by atoms with Crippen LogP contribution < -0.4 is 0 Å². The second-order valence-electron chi connectivity index (χ2n) is 6.75. The van der Waals surface area contributed by atoms with Gasteiger partial charge in [-0.25, -0.2) is 0 Å². The lowest BCUT2D eigenvalue weighted by Gasteiger charge is -2.30. The summed E-state index contributed by atoms with van der Waals surface area (Å²) in [5, 5.41) is 8.98. The van der Waals surface area contributed by atoms with Gasteiger partial charge in [0.15, 0.2) is 5.78 Å². The maximum atomic E-state index is 12.3. The minimum Gasteiger partial charge on any atom is -0.481 e. The Morgan fingerprint density at radius 1 is 1.04 bits per heavy atom. The van der Waals surface area contributed by atoms with Crippen LogP contribution in [-0.2, 0) is 22.4 Å². The van der Waals surface area contributed by atoms with Crippen molar-refractivity contribution < 1.29 is 19.5 Å². The lowest BCUT2D eigenvalue weighted by Crippen LogP contribution is -2.40. The summed E-state index contributed by atoms with van der Waals surface area (Å²) in [6, 6.07) is 5.89. The minimum atomic E-state index is -0.783. The molecule has 1 saturated heterocycles. The van der Waals surface area contributed by atoms with Crippen LogP contribution in [0.5, 0.6) is 0 Å². The van der Waals surface area contributed by atoms with Crippen molar-refractivity contribution in [2.75, 3.05) is 13.1 Å². The molecule has 1 aliphatic carbocycles. The van der Waals surface area contributed by atoms with Gasteiger partial charge in [-0.2, -0.15) is 0 Å². The van der Waals surface area contributed by atoms with Crippen LogP contribution in [0, 0.1) is 5.92 Å². The molecule has 1 aromatic carbocycles. The molecule has 1 heterocycles. The Hall–Kier alpha value is -2.17. The Morgan fingerprint density at radius 3 is 2.46 bits per heavy atom. The molecular formula is C19H23NO4. The first-order chi connectivity index (χ1) is 11.5. The lowest BCUT2D eigenvalue weighted by atomic mass is 9.96. The van der Waals surface area contributed by atoms with Gasteiger partial charge in [0, 0.05) is 31.5 Å². The van der Waals surface area contributed by atoms with Crippen molar-refractivity contribution in [3.8, 4) is 0 Å². The molecule has 5 nitrogen and oxygen atoms in total. The number of carboxylic acids is 1. The summed E-state index contributed by atoms with van der Waals surface area (Å²) in [6.07, 6.45) is 4.70. The molecule has 2 aliphatic rings. The molecule has 1 aliphatic heterocycles. The first-order valence-electron chi connectivity index (χ1n) is 8.70. The van der Waals surface area contributed by atoms with Crippen molar-refractivity contribution in [3.63, 3.8) is 0 Å². The van der Waals surface area contributed by atoms with Gasteiger partial charge in [-0.05, 0) is 49.3 Å². The molecule has 1 amide bonds. The Kier molecular flexibility index (Phi) is 4.97. The van der Waals surface area contributed by atoms with E-state index in [2.05, 4.69) is 0 Å². The smallest absolute Gasteiger partial charge is 0.306 e. The van der Waals surface area contributed by atoms with Crippen LogP contribution >= 0.6 is 0 Å². The van der Waals surface area contributed by atoms with E-state index in [1.165, 1.54) is 11.1 Å². The Morgan fingerprint density at radius 2 is 1.75 bits per heavy atom. The van der Waals surface area contributed by atoms with Crippen molar-refractivity contribution in [1.82, 2.24) is 4.90 Å². The van der Waals surface area contributed by atoms with E-state index in [9.17, 15) is 14.4 Å².